The van der Waals surface area contributed by atoms with Crippen molar-refractivity contribution < 1.29 is 13.9 Å². The molecule has 0 amide bonds. The molecule has 30 heavy (non-hydrogen) atoms. The average molecular weight is 443 g/mol. The average Bonchev–Trinajstić information content (AvgIpc) is 3.11. The van der Waals surface area contributed by atoms with Crippen molar-refractivity contribution >= 4 is 44.8 Å². The number of rotatable bonds is 3. The van der Waals surface area contributed by atoms with Gasteiger partial charge in [0.25, 0.3) is 5.56 Å². The summed E-state index contributed by atoms with van der Waals surface area (Å²) in [7, 11) is 0. The van der Waals surface area contributed by atoms with Gasteiger partial charge >= 0.3 is 5.97 Å². The number of aromatic nitrogens is 2. The quantitative estimate of drug-likeness (QED) is 0.449. The topological polar surface area (TPSA) is 90.9 Å². The highest BCUT2D eigenvalue weighted by Crippen LogP contribution is 2.28. The first-order valence-corrected chi connectivity index (χ1v) is 10.6. The Labute approximate surface area is 178 Å². The molecule has 0 bridgehead atoms. The van der Waals surface area contributed by atoms with Crippen LogP contribution in [0.2, 0.25) is 5.02 Å². The van der Waals surface area contributed by atoms with Crippen molar-refractivity contribution in [2.75, 3.05) is 0 Å². The van der Waals surface area contributed by atoms with Gasteiger partial charge in [-0.05, 0) is 43.9 Å². The van der Waals surface area contributed by atoms with Gasteiger partial charge in [-0.3, -0.25) is 14.0 Å². The van der Waals surface area contributed by atoms with Crippen LogP contribution in [0.1, 0.15) is 39.7 Å². The number of esters is 1. The van der Waals surface area contributed by atoms with Crippen LogP contribution in [0.15, 0.2) is 44.3 Å². The summed E-state index contributed by atoms with van der Waals surface area (Å²) in [5.74, 6) is -1.03. The summed E-state index contributed by atoms with van der Waals surface area (Å²) in [6.45, 7) is -0.199. The highest BCUT2D eigenvalue weighted by atomic mass is 35.5. The lowest BCUT2D eigenvalue weighted by atomic mass is 10.0. The number of ether oxygens (including phenoxy) is 1. The van der Waals surface area contributed by atoms with Gasteiger partial charge in [0.1, 0.15) is 12.2 Å². The molecular weight excluding hydrogens is 428 g/mol. The Balaban J connectivity index is 1.41. The molecule has 3 aromatic heterocycles. The molecule has 1 aliphatic carbocycles. The Morgan fingerprint density at radius 3 is 2.90 bits per heavy atom. The van der Waals surface area contributed by atoms with E-state index in [0.717, 1.165) is 37.4 Å². The van der Waals surface area contributed by atoms with Crippen LogP contribution in [0, 0.1) is 0 Å². The summed E-state index contributed by atoms with van der Waals surface area (Å²) in [5.41, 5.74) is 1.05. The van der Waals surface area contributed by atoms with Gasteiger partial charge in [0.05, 0.1) is 11.1 Å². The van der Waals surface area contributed by atoms with Crippen molar-refractivity contribution in [2.45, 2.75) is 32.3 Å². The first-order valence-electron chi connectivity index (χ1n) is 9.43. The van der Waals surface area contributed by atoms with Crippen molar-refractivity contribution in [1.82, 2.24) is 9.38 Å². The number of nitrogens with zero attached hydrogens (tertiary/aromatic N) is 2. The summed E-state index contributed by atoms with van der Waals surface area (Å²) in [6.07, 6.45) is 4.01. The molecule has 0 spiro atoms. The van der Waals surface area contributed by atoms with E-state index >= 15 is 0 Å². The van der Waals surface area contributed by atoms with Crippen LogP contribution in [0.5, 0.6) is 0 Å². The molecule has 0 radical (unpaired) electrons. The fourth-order valence-electron chi connectivity index (χ4n) is 3.66. The highest BCUT2D eigenvalue weighted by molar-refractivity contribution is 7.17. The fraction of sp³-hybridized carbons (Fsp3) is 0.238. The number of benzene rings is 1. The maximum Gasteiger partial charge on any atom is 0.374 e. The van der Waals surface area contributed by atoms with Crippen LogP contribution < -0.4 is 11.0 Å². The monoisotopic (exact) mass is 442 g/mol. The van der Waals surface area contributed by atoms with E-state index in [9.17, 15) is 14.4 Å². The van der Waals surface area contributed by atoms with Gasteiger partial charge in [-0.15, -0.1) is 11.3 Å². The van der Waals surface area contributed by atoms with Crippen LogP contribution in [0.3, 0.4) is 0 Å². The fourth-order valence-corrected chi connectivity index (χ4v) is 5.06. The Hall–Kier alpha value is -2.97. The van der Waals surface area contributed by atoms with E-state index in [1.165, 1.54) is 34.4 Å². The summed E-state index contributed by atoms with van der Waals surface area (Å²) in [4.78, 5) is 43.5. The largest absolute Gasteiger partial charge is 0.453 e. The molecule has 7 nitrogen and oxygen atoms in total. The first kappa shape index (κ1) is 19.0. The smallest absolute Gasteiger partial charge is 0.374 e. The molecule has 4 aromatic rings. The maximum atomic E-state index is 12.6. The summed E-state index contributed by atoms with van der Waals surface area (Å²) >= 11 is 7.40. The van der Waals surface area contributed by atoms with E-state index in [2.05, 4.69) is 4.98 Å². The van der Waals surface area contributed by atoms with Crippen molar-refractivity contribution in [1.29, 1.82) is 0 Å². The lowest BCUT2D eigenvalue weighted by molar-refractivity contribution is 0.0432. The SMILES string of the molecule is O=C(OCc1cc(=O)n2c3c(sc2n1)CCCC3)c1cc(=O)c2cc(Cl)ccc2o1. The zero-order valence-electron chi connectivity index (χ0n) is 15.6. The molecular formula is C21H15ClN2O5S. The number of carbonyl (C=O) groups is 1. The third-order valence-corrected chi connectivity index (χ3v) is 6.43. The van der Waals surface area contributed by atoms with Crippen LogP contribution >= 0.6 is 22.9 Å². The second-order valence-electron chi connectivity index (χ2n) is 7.07. The minimum absolute atomic E-state index is 0.181. The molecule has 0 fully saturated rings. The summed E-state index contributed by atoms with van der Waals surface area (Å²) < 4.78 is 12.4. The van der Waals surface area contributed by atoms with Gasteiger partial charge < -0.3 is 9.15 Å². The highest BCUT2D eigenvalue weighted by Gasteiger charge is 2.19. The second-order valence-corrected chi connectivity index (χ2v) is 8.57. The number of halogens is 1. The van der Waals surface area contributed by atoms with Gasteiger partial charge in [0.15, 0.2) is 10.4 Å². The maximum absolute atomic E-state index is 12.6. The molecule has 1 aliphatic rings. The van der Waals surface area contributed by atoms with Crippen molar-refractivity contribution in [3.8, 4) is 0 Å². The van der Waals surface area contributed by atoms with E-state index in [-0.39, 0.29) is 28.9 Å². The number of fused-ring (bicyclic) bond motifs is 4. The molecule has 3 heterocycles. The van der Waals surface area contributed by atoms with Gasteiger partial charge in [-0.25, -0.2) is 9.78 Å². The Kier molecular flexibility index (Phi) is 4.67. The molecule has 0 atom stereocenters. The van der Waals surface area contributed by atoms with E-state index in [1.807, 2.05) is 0 Å². The molecule has 5 rings (SSSR count). The molecule has 0 aliphatic heterocycles. The van der Waals surface area contributed by atoms with Crippen molar-refractivity contribution in [3.63, 3.8) is 0 Å². The predicted octanol–water partition coefficient (Wildman–Crippen LogP) is 3.75. The van der Waals surface area contributed by atoms with Crippen molar-refractivity contribution in [2.24, 2.45) is 0 Å². The minimum atomic E-state index is -0.809. The minimum Gasteiger partial charge on any atom is -0.453 e. The number of aryl methyl sites for hydroxylation is 2. The van der Waals surface area contributed by atoms with Crippen LogP contribution in [-0.4, -0.2) is 15.4 Å². The molecule has 9 heteroatoms. The van der Waals surface area contributed by atoms with Crippen molar-refractivity contribution in [3.05, 3.63) is 78.0 Å². The number of carbonyl (C=O) groups excluding carboxylic acids is 1. The molecule has 1 aromatic carbocycles. The van der Waals surface area contributed by atoms with Crippen LogP contribution in [0.25, 0.3) is 15.9 Å². The normalized spacial score (nSPS) is 13.5. The predicted molar refractivity (Wildman–Crippen MR) is 113 cm³/mol. The lowest BCUT2D eigenvalue weighted by Crippen LogP contribution is -2.19. The standard InChI is InChI=1S/C21H15ClN2O5S/c22-11-5-6-16-13(7-11)15(25)9-17(29-16)20(27)28-10-12-8-19(26)24-14-3-1-2-4-18(14)30-21(24)23-12/h5-9H,1-4,10H2. The van der Waals surface area contributed by atoms with E-state index in [0.29, 0.717) is 15.7 Å². The molecule has 0 saturated carbocycles. The zero-order chi connectivity index (χ0) is 20.8. The van der Waals surface area contributed by atoms with E-state index in [1.54, 1.807) is 10.5 Å². The number of hydrogen-bond acceptors (Lipinski definition) is 7. The van der Waals surface area contributed by atoms with Gasteiger partial charge in [0.2, 0.25) is 5.76 Å². The lowest BCUT2D eigenvalue weighted by Gasteiger charge is -2.10. The molecule has 152 valence electrons. The van der Waals surface area contributed by atoms with E-state index < -0.39 is 11.4 Å². The molecule has 0 N–H and O–H groups in total. The Morgan fingerprint density at radius 1 is 1.20 bits per heavy atom. The van der Waals surface area contributed by atoms with E-state index in [4.69, 9.17) is 20.8 Å². The molecule has 0 saturated heterocycles. The Bertz CT molecular complexity index is 1440. The number of thiazole rings is 1. The Morgan fingerprint density at radius 2 is 2.03 bits per heavy atom. The summed E-state index contributed by atoms with van der Waals surface area (Å²) in [5, 5.41) is 0.675. The van der Waals surface area contributed by atoms with Gasteiger partial charge in [0, 0.05) is 27.7 Å². The van der Waals surface area contributed by atoms with Crippen LogP contribution in [-0.2, 0) is 24.2 Å². The molecule has 0 unspecified atom stereocenters. The summed E-state index contributed by atoms with van der Waals surface area (Å²) in [6, 6.07) is 7.01. The second kappa shape index (κ2) is 7.37. The first-order chi connectivity index (χ1) is 14.5. The zero-order valence-corrected chi connectivity index (χ0v) is 17.2. The third-order valence-electron chi connectivity index (χ3n) is 5.06. The van der Waals surface area contributed by atoms with Crippen LogP contribution in [0.4, 0.5) is 0 Å². The third kappa shape index (κ3) is 3.32. The van der Waals surface area contributed by atoms with Gasteiger partial charge in [-0.2, -0.15) is 0 Å². The number of hydrogen-bond donors (Lipinski definition) is 0. The van der Waals surface area contributed by atoms with Gasteiger partial charge in [-0.1, -0.05) is 11.6 Å².